The first-order chi connectivity index (χ1) is 7.91. The highest BCUT2D eigenvalue weighted by atomic mass is 19.1. The molecule has 2 rings (SSSR count). The first-order valence-corrected chi connectivity index (χ1v) is 6.42. The standard InChI is InChI=1S/C15H22FN/c1-14(2,3)11-15(9-4-10-17-15)12-5-7-13(16)8-6-12/h5-8,17H,4,9-11H2,1-3H3. The van der Waals surface area contributed by atoms with Crippen LogP contribution in [0.5, 0.6) is 0 Å². The Balaban J connectivity index is 2.31. The average molecular weight is 235 g/mol. The summed E-state index contributed by atoms with van der Waals surface area (Å²) in [6, 6.07) is 7.00. The maximum Gasteiger partial charge on any atom is 0.123 e. The van der Waals surface area contributed by atoms with Crippen LogP contribution in [0.1, 0.15) is 45.6 Å². The third-order valence-electron chi connectivity index (χ3n) is 3.47. The first-order valence-electron chi connectivity index (χ1n) is 6.42. The van der Waals surface area contributed by atoms with Gasteiger partial charge in [0.2, 0.25) is 0 Å². The van der Waals surface area contributed by atoms with Gasteiger partial charge >= 0.3 is 0 Å². The summed E-state index contributed by atoms with van der Waals surface area (Å²) >= 11 is 0. The van der Waals surface area contributed by atoms with E-state index in [0.717, 1.165) is 19.4 Å². The zero-order chi connectivity index (χ0) is 12.5. The SMILES string of the molecule is CC(C)(C)CC1(c2ccc(F)cc2)CCCN1. The molecule has 0 amide bonds. The van der Waals surface area contributed by atoms with E-state index in [1.807, 2.05) is 12.1 Å². The maximum absolute atomic E-state index is 13.0. The van der Waals surface area contributed by atoms with Crippen molar-refractivity contribution in [2.24, 2.45) is 5.41 Å². The van der Waals surface area contributed by atoms with Gasteiger partial charge in [-0.15, -0.1) is 0 Å². The lowest BCUT2D eigenvalue weighted by atomic mass is 9.75. The Morgan fingerprint density at radius 2 is 1.88 bits per heavy atom. The zero-order valence-corrected chi connectivity index (χ0v) is 11.0. The van der Waals surface area contributed by atoms with E-state index in [4.69, 9.17) is 0 Å². The summed E-state index contributed by atoms with van der Waals surface area (Å²) < 4.78 is 13.0. The fourth-order valence-electron chi connectivity index (χ4n) is 2.98. The third-order valence-corrected chi connectivity index (χ3v) is 3.47. The second-order valence-corrected chi connectivity index (χ2v) is 6.36. The topological polar surface area (TPSA) is 12.0 Å². The van der Waals surface area contributed by atoms with Crippen LogP contribution < -0.4 is 5.32 Å². The van der Waals surface area contributed by atoms with Crippen LogP contribution in [0.2, 0.25) is 0 Å². The molecule has 0 spiro atoms. The van der Waals surface area contributed by atoms with Gasteiger partial charge in [-0.1, -0.05) is 32.9 Å². The molecule has 1 heterocycles. The van der Waals surface area contributed by atoms with Crippen molar-refractivity contribution in [3.05, 3.63) is 35.6 Å². The molecule has 94 valence electrons. The van der Waals surface area contributed by atoms with Crippen LogP contribution in [0.25, 0.3) is 0 Å². The Labute approximate surface area is 103 Å². The molecule has 0 aliphatic carbocycles. The van der Waals surface area contributed by atoms with Gasteiger partial charge in [0.15, 0.2) is 0 Å². The minimum atomic E-state index is -0.155. The molecule has 1 atom stereocenters. The predicted octanol–water partition coefficient (Wildman–Crippen LogP) is 3.84. The van der Waals surface area contributed by atoms with Crippen LogP contribution in [-0.4, -0.2) is 6.54 Å². The third kappa shape index (κ3) is 2.86. The molecular formula is C15H22FN. The van der Waals surface area contributed by atoms with E-state index in [1.54, 1.807) is 12.1 Å². The second-order valence-electron chi connectivity index (χ2n) is 6.36. The maximum atomic E-state index is 13.0. The van der Waals surface area contributed by atoms with Crippen molar-refractivity contribution in [3.63, 3.8) is 0 Å². The molecule has 0 bridgehead atoms. The average Bonchev–Trinajstić information content (AvgIpc) is 2.65. The van der Waals surface area contributed by atoms with Crippen LogP contribution in [0.15, 0.2) is 24.3 Å². The lowest BCUT2D eigenvalue weighted by Crippen LogP contribution is -2.40. The van der Waals surface area contributed by atoms with E-state index in [9.17, 15) is 4.39 Å². The molecule has 1 aromatic rings. The number of rotatable bonds is 2. The van der Waals surface area contributed by atoms with Gasteiger partial charge in [-0.3, -0.25) is 0 Å². The van der Waals surface area contributed by atoms with E-state index in [0.29, 0.717) is 0 Å². The molecule has 17 heavy (non-hydrogen) atoms. The van der Waals surface area contributed by atoms with E-state index >= 15 is 0 Å². The Bertz CT molecular complexity index is 369. The molecule has 1 fully saturated rings. The van der Waals surface area contributed by atoms with Crippen molar-refractivity contribution in [1.82, 2.24) is 5.32 Å². The molecule has 1 N–H and O–H groups in total. The molecule has 0 radical (unpaired) electrons. The molecule has 1 saturated heterocycles. The van der Waals surface area contributed by atoms with Gasteiger partial charge in [0.05, 0.1) is 0 Å². The van der Waals surface area contributed by atoms with Crippen molar-refractivity contribution in [2.45, 2.75) is 45.6 Å². The van der Waals surface area contributed by atoms with Gasteiger partial charge in [0.25, 0.3) is 0 Å². The quantitative estimate of drug-likeness (QED) is 0.821. The summed E-state index contributed by atoms with van der Waals surface area (Å²) in [7, 11) is 0. The normalized spacial score (nSPS) is 25.2. The number of halogens is 1. The van der Waals surface area contributed by atoms with Crippen LogP contribution in [-0.2, 0) is 5.54 Å². The van der Waals surface area contributed by atoms with Crippen molar-refractivity contribution in [3.8, 4) is 0 Å². The van der Waals surface area contributed by atoms with Gasteiger partial charge in [0, 0.05) is 5.54 Å². The summed E-state index contributed by atoms with van der Waals surface area (Å²) in [5, 5.41) is 3.64. The van der Waals surface area contributed by atoms with Gasteiger partial charge in [-0.2, -0.15) is 0 Å². The molecular weight excluding hydrogens is 213 g/mol. The van der Waals surface area contributed by atoms with Gasteiger partial charge in [-0.05, 0) is 48.9 Å². The largest absolute Gasteiger partial charge is 0.307 e. The van der Waals surface area contributed by atoms with Gasteiger partial charge < -0.3 is 5.32 Å². The number of hydrogen-bond acceptors (Lipinski definition) is 1. The second kappa shape index (κ2) is 4.41. The number of hydrogen-bond donors (Lipinski definition) is 1. The highest BCUT2D eigenvalue weighted by Crippen LogP contribution is 2.40. The zero-order valence-electron chi connectivity index (χ0n) is 11.0. The van der Waals surface area contributed by atoms with Crippen molar-refractivity contribution >= 4 is 0 Å². The van der Waals surface area contributed by atoms with Crippen molar-refractivity contribution in [2.75, 3.05) is 6.54 Å². The van der Waals surface area contributed by atoms with Crippen LogP contribution in [0, 0.1) is 11.2 Å². The lowest BCUT2D eigenvalue weighted by Gasteiger charge is -2.36. The highest BCUT2D eigenvalue weighted by Gasteiger charge is 2.38. The van der Waals surface area contributed by atoms with E-state index in [2.05, 4.69) is 26.1 Å². The fraction of sp³-hybridized carbons (Fsp3) is 0.600. The van der Waals surface area contributed by atoms with Crippen LogP contribution >= 0.6 is 0 Å². The molecule has 1 aliphatic rings. The fourth-order valence-corrected chi connectivity index (χ4v) is 2.98. The predicted molar refractivity (Wildman–Crippen MR) is 69.4 cm³/mol. The molecule has 1 unspecified atom stereocenters. The summed E-state index contributed by atoms with van der Waals surface area (Å²) in [5.74, 6) is -0.155. The summed E-state index contributed by atoms with van der Waals surface area (Å²) in [5.41, 5.74) is 1.55. The van der Waals surface area contributed by atoms with Crippen LogP contribution in [0.3, 0.4) is 0 Å². The van der Waals surface area contributed by atoms with Gasteiger partial charge in [-0.25, -0.2) is 4.39 Å². The Kier molecular flexibility index (Phi) is 3.26. The summed E-state index contributed by atoms with van der Waals surface area (Å²) in [6.45, 7) is 7.85. The molecule has 1 aromatic carbocycles. The summed E-state index contributed by atoms with van der Waals surface area (Å²) in [6.07, 6.45) is 3.44. The Morgan fingerprint density at radius 1 is 1.24 bits per heavy atom. The minimum Gasteiger partial charge on any atom is -0.307 e. The molecule has 1 aliphatic heterocycles. The van der Waals surface area contributed by atoms with Gasteiger partial charge in [0.1, 0.15) is 5.82 Å². The number of nitrogens with one attached hydrogen (secondary N) is 1. The Hall–Kier alpha value is -0.890. The van der Waals surface area contributed by atoms with Crippen molar-refractivity contribution in [1.29, 1.82) is 0 Å². The van der Waals surface area contributed by atoms with Crippen LogP contribution in [0.4, 0.5) is 4.39 Å². The lowest BCUT2D eigenvalue weighted by molar-refractivity contribution is 0.232. The van der Waals surface area contributed by atoms with E-state index in [-0.39, 0.29) is 16.8 Å². The molecule has 1 nitrogen and oxygen atoms in total. The monoisotopic (exact) mass is 235 g/mol. The van der Waals surface area contributed by atoms with E-state index in [1.165, 1.54) is 12.0 Å². The first kappa shape index (κ1) is 12.6. The van der Waals surface area contributed by atoms with E-state index < -0.39 is 0 Å². The van der Waals surface area contributed by atoms with Crippen molar-refractivity contribution < 1.29 is 4.39 Å². The minimum absolute atomic E-state index is 0.0476. The molecule has 2 heteroatoms. The highest BCUT2D eigenvalue weighted by molar-refractivity contribution is 5.26. The number of benzene rings is 1. The summed E-state index contributed by atoms with van der Waals surface area (Å²) in [4.78, 5) is 0. The smallest absolute Gasteiger partial charge is 0.123 e. The molecule has 0 aromatic heterocycles. The Morgan fingerprint density at radius 3 is 2.35 bits per heavy atom. The molecule has 0 saturated carbocycles.